The van der Waals surface area contributed by atoms with Gasteiger partial charge < -0.3 is 10.6 Å². The molecule has 0 aliphatic carbocycles. The van der Waals surface area contributed by atoms with Gasteiger partial charge >= 0.3 is 0 Å². The van der Waals surface area contributed by atoms with Crippen molar-refractivity contribution in [3.05, 3.63) is 12.4 Å². The van der Waals surface area contributed by atoms with Crippen LogP contribution in [0, 0.1) is 0 Å². The number of anilines is 1. The number of rotatable bonds is 1. The van der Waals surface area contributed by atoms with Crippen molar-refractivity contribution in [3.63, 3.8) is 0 Å². The third-order valence-electron chi connectivity index (χ3n) is 1.44. The van der Waals surface area contributed by atoms with Gasteiger partial charge in [0.1, 0.15) is 7.11 Å². The Morgan fingerprint density at radius 3 is 3.09 bits per heavy atom. The first-order valence-corrected chi connectivity index (χ1v) is 3.05. The van der Waals surface area contributed by atoms with Crippen molar-refractivity contribution in [2.24, 2.45) is 0 Å². The van der Waals surface area contributed by atoms with Gasteiger partial charge in [0.05, 0.1) is 12.4 Å². The molecule has 2 N–H and O–H groups in total. The maximum atomic E-state index is 5.50. The van der Waals surface area contributed by atoms with Crippen molar-refractivity contribution in [2.75, 3.05) is 12.8 Å². The molecule has 0 aliphatic rings. The van der Waals surface area contributed by atoms with Crippen LogP contribution in [-0.4, -0.2) is 26.7 Å². The SMILES string of the molecule is COn1ccn2nnc(N)c12. The van der Waals surface area contributed by atoms with Crippen LogP contribution in [0.15, 0.2) is 12.4 Å². The average molecular weight is 153 g/mol. The van der Waals surface area contributed by atoms with Gasteiger partial charge in [0.2, 0.25) is 5.65 Å². The standard InChI is InChI=1S/C5H7N5O/c1-11-10-3-2-9-5(10)4(6)7-8-9/h2-3H,6H2,1H3. The van der Waals surface area contributed by atoms with Crippen molar-refractivity contribution >= 4 is 11.5 Å². The summed E-state index contributed by atoms with van der Waals surface area (Å²) in [5.41, 5.74) is 6.15. The molecule has 0 unspecified atom stereocenters. The summed E-state index contributed by atoms with van der Waals surface area (Å²) in [5, 5.41) is 7.38. The summed E-state index contributed by atoms with van der Waals surface area (Å²) in [6, 6.07) is 0. The Bertz CT molecular complexity index is 375. The molecule has 0 radical (unpaired) electrons. The fourth-order valence-corrected chi connectivity index (χ4v) is 0.957. The summed E-state index contributed by atoms with van der Waals surface area (Å²) in [4.78, 5) is 4.94. The van der Waals surface area contributed by atoms with Crippen LogP contribution < -0.4 is 10.6 Å². The molecular formula is C5H7N5O. The summed E-state index contributed by atoms with van der Waals surface area (Å²) in [6.45, 7) is 0. The van der Waals surface area contributed by atoms with Crippen LogP contribution in [0.1, 0.15) is 0 Å². The van der Waals surface area contributed by atoms with Crippen LogP contribution >= 0.6 is 0 Å². The molecule has 0 aliphatic heterocycles. The molecule has 2 aromatic heterocycles. The first-order valence-electron chi connectivity index (χ1n) is 3.05. The second-order valence-electron chi connectivity index (χ2n) is 2.05. The molecule has 6 nitrogen and oxygen atoms in total. The Balaban J connectivity index is 2.80. The van der Waals surface area contributed by atoms with Gasteiger partial charge in [-0.3, -0.25) is 0 Å². The van der Waals surface area contributed by atoms with Gasteiger partial charge in [-0.2, -0.15) is 9.25 Å². The third kappa shape index (κ3) is 0.658. The van der Waals surface area contributed by atoms with Gasteiger partial charge in [0, 0.05) is 0 Å². The van der Waals surface area contributed by atoms with E-state index in [-0.39, 0.29) is 0 Å². The molecule has 0 saturated carbocycles. The summed E-state index contributed by atoms with van der Waals surface area (Å²) in [7, 11) is 1.55. The fraction of sp³-hybridized carbons (Fsp3) is 0.200. The number of hydrogen-bond acceptors (Lipinski definition) is 4. The maximum Gasteiger partial charge on any atom is 0.215 e. The van der Waals surface area contributed by atoms with Crippen LogP contribution in [-0.2, 0) is 0 Å². The van der Waals surface area contributed by atoms with Gasteiger partial charge in [-0.15, -0.1) is 5.10 Å². The van der Waals surface area contributed by atoms with E-state index in [1.165, 1.54) is 4.73 Å². The van der Waals surface area contributed by atoms with Crippen molar-refractivity contribution in [3.8, 4) is 0 Å². The number of aromatic nitrogens is 4. The van der Waals surface area contributed by atoms with Crippen molar-refractivity contribution < 1.29 is 4.84 Å². The van der Waals surface area contributed by atoms with Crippen molar-refractivity contribution in [1.82, 2.24) is 19.6 Å². The Hall–Kier alpha value is -1.72. The smallest absolute Gasteiger partial charge is 0.215 e. The quantitative estimate of drug-likeness (QED) is 0.580. The van der Waals surface area contributed by atoms with Crippen LogP contribution in [0.2, 0.25) is 0 Å². The van der Waals surface area contributed by atoms with Crippen LogP contribution in [0.3, 0.4) is 0 Å². The van der Waals surface area contributed by atoms with Crippen molar-refractivity contribution in [1.29, 1.82) is 0 Å². The minimum absolute atomic E-state index is 0.358. The largest absolute Gasteiger partial charge is 0.415 e. The zero-order valence-corrected chi connectivity index (χ0v) is 5.93. The van der Waals surface area contributed by atoms with Crippen molar-refractivity contribution in [2.45, 2.75) is 0 Å². The highest BCUT2D eigenvalue weighted by atomic mass is 16.6. The lowest BCUT2D eigenvalue weighted by molar-refractivity contribution is 0.178. The number of nitrogens with zero attached hydrogens (tertiary/aromatic N) is 4. The molecule has 0 saturated heterocycles. The molecule has 0 amide bonds. The van der Waals surface area contributed by atoms with E-state index in [4.69, 9.17) is 10.6 Å². The van der Waals surface area contributed by atoms with Gasteiger partial charge in [-0.25, -0.2) is 0 Å². The van der Waals surface area contributed by atoms with Gasteiger partial charge in [0.15, 0.2) is 5.82 Å². The first-order chi connectivity index (χ1) is 5.33. The highest BCUT2D eigenvalue weighted by Gasteiger charge is 2.06. The topological polar surface area (TPSA) is 70.4 Å². The normalized spacial score (nSPS) is 10.6. The highest BCUT2D eigenvalue weighted by molar-refractivity contribution is 5.58. The van der Waals surface area contributed by atoms with E-state index in [1.54, 1.807) is 24.0 Å². The minimum Gasteiger partial charge on any atom is -0.415 e. The van der Waals surface area contributed by atoms with E-state index in [2.05, 4.69) is 10.3 Å². The van der Waals surface area contributed by atoms with E-state index in [0.717, 1.165) is 0 Å². The Labute approximate surface area is 62.1 Å². The average Bonchev–Trinajstić information content (AvgIpc) is 2.54. The molecule has 11 heavy (non-hydrogen) atoms. The molecule has 0 fully saturated rings. The van der Waals surface area contributed by atoms with Gasteiger partial charge in [-0.1, -0.05) is 5.21 Å². The van der Waals surface area contributed by atoms with E-state index in [9.17, 15) is 0 Å². The molecule has 6 heteroatoms. The number of imidazole rings is 1. The molecule has 58 valence electrons. The predicted molar refractivity (Wildman–Crippen MR) is 37.9 cm³/mol. The zero-order chi connectivity index (χ0) is 7.84. The molecule has 0 atom stereocenters. The lowest BCUT2D eigenvalue weighted by Gasteiger charge is -1.97. The molecule has 2 heterocycles. The predicted octanol–water partition coefficient (Wildman–Crippen LogP) is -0.829. The van der Waals surface area contributed by atoms with E-state index >= 15 is 0 Å². The monoisotopic (exact) mass is 153 g/mol. The Morgan fingerprint density at radius 2 is 2.36 bits per heavy atom. The molecule has 2 aromatic rings. The lowest BCUT2D eigenvalue weighted by Crippen LogP contribution is -2.04. The fourth-order valence-electron chi connectivity index (χ4n) is 0.957. The van der Waals surface area contributed by atoms with E-state index in [0.29, 0.717) is 11.5 Å². The number of fused-ring (bicyclic) bond motifs is 1. The van der Waals surface area contributed by atoms with E-state index in [1.807, 2.05) is 0 Å². The molecule has 0 bridgehead atoms. The number of nitrogen functional groups attached to an aromatic ring is 1. The Morgan fingerprint density at radius 1 is 1.55 bits per heavy atom. The first kappa shape index (κ1) is 6.02. The molecular weight excluding hydrogens is 146 g/mol. The molecule has 0 spiro atoms. The van der Waals surface area contributed by atoms with Crippen LogP contribution in [0.25, 0.3) is 5.65 Å². The van der Waals surface area contributed by atoms with Crippen LogP contribution in [0.5, 0.6) is 0 Å². The number of nitrogens with two attached hydrogens (primary N) is 1. The lowest BCUT2D eigenvalue weighted by atomic mass is 10.7. The van der Waals surface area contributed by atoms with Crippen LogP contribution in [0.4, 0.5) is 5.82 Å². The second kappa shape index (κ2) is 1.88. The maximum absolute atomic E-state index is 5.50. The Kier molecular flexibility index (Phi) is 1.03. The van der Waals surface area contributed by atoms with E-state index < -0.39 is 0 Å². The third-order valence-corrected chi connectivity index (χ3v) is 1.44. The minimum atomic E-state index is 0.358. The summed E-state index contributed by atoms with van der Waals surface area (Å²) >= 11 is 0. The van der Waals surface area contributed by atoms with Gasteiger partial charge in [-0.05, 0) is 0 Å². The highest BCUT2D eigenvalue weighted by Crippen LogP contribution is 2.07. The second-order valence-corrected chi connectivity index (χ2v) is 2.05. The summed E-state index contributed by atoms with van der Waals surface area (Å²) < 4.78 is 3.04. The zero-order valence-electron chi connectivity index (χ0n) is 5.93. The summed E-state index contributed by atoms with van der Waals surface area (Å²) in [6.07, 6.45) is 3.42. The summed E-state index contributed by atoms with van der Waals surface area (Å²) in [5.74, 6) is 0.358. The molecule has 0 aromatic carbocycles. The molecule has 2 rings (SSSR count). The number of hydrogen-bond donors (Lipinski definition) is 1. The van der Waals surface area contributed by atoms with Gasteiger partial charge in [0.25, 0.3) is 0 Å².